The van der Waals surface area contributed by atoms with E-state index in [2.05, 4.69) is 36.2 Å². The third kappa shape index (κ3) is 4.27. The largest absolute Gasteiger partial charge is 0.378 e. The van der Waals surface area contributed by atoms with Gasteiger partial charge in [0.15, 0.2) is 0 Å². The van der Waals surface area contributed by atoms with Crippen molar-refractivity contribution in [1.29, 1.82) is 0 Å². The van der Waals surface area contributed by atoms with Gasteiger partial charge in [-0.25, -0.2) is 4.98 Å². The van der Waals surface area contributed by atoms with Crippen molar-refractivity contribution in [1.82, 2.24) is 9.88 Å². The van der Waals surface area contributed by atoms with Crippen LogP contribution < -0.4 is 0 Å². The number of rotatable bonds is 4. The number of carbonyl (C=O) groups is 1. The van der Waals surface area contributed by atoms with Crippen molar-refractivity contribution in [3.8, 4) is 0 Å². The first kappa shape index (κ1) is 21.1. The maximum atomic E-state index is 13.2. The molecule has 2 aromatic carbocycles. The fourth-order valence-corrected chi connectivity index (χ4v) is 5.16. The summed E-state index contributed by atoms with van der Waals surface area (Å²) < 4.78 is 12.8. The molecule has 2 atom stereocenters. The van der Waals surface area contributed by atoms with E-state index >= 15 is 0 Å². The van der Waals surface area contributed by atoms with Crippen LogP contribution in [0.15, 0.2) is 66.7 Å². The number of hydrogen-bond donors (Lipinski definition) is 0. The first-order valence-electron chi connectivity index (χ1n) is 11.7. The first-order valence-corrected chi connectivity index (χ1v) is 11.7. The van der Waals surface area contributed by atoms with Crippen LogP contribution in [0.3, 0.4) is 0 Å². The molecule has 0 N–H and O–H groups in total. The fourth-order valence-electron chi connectivity index (χ4n) is 5.16. The van der Waals surface area contributed by atoms with Gasteiger partial charge >= 0.3 is 0 Å². The SMILES string of the molecule is CCOC1CC(c2ccccc2)OC2(CCN(C(=O)c3ccc4ccccc4n3)CC2)C1. The number of ether oxygens (including phenoxy) is 2. The minimum absolute atomic E-state index is 0.00220. The Hall–Kier alpha value is -2.76. The zero-order valence-electron chi connectivity index (χ0n) is 18.6. The Morgan fingerprint density at radius 2 is 1.81 bits per heavy atom. The van der Waals surface area contributed by atoms with Crippen molar-refractivity contribution < 1.29 is 14.3 Å². The molecular weight excluding hydrogens is 400 g/mol. The number of likely N-dealkylation sites (tertiary alicyclic amines) is 1. The van der Waals surface area contributed by atoms with Crippen molar-refractivity contribution in [3.05, 3.63) is 78.0 Å². The molecule has 2 aliphatic heterocycles. The average molecular weight is 431 g/mol. The summed E-state index contributed by atoms with van der Waals surface area (Å²) in [6, 6.07) is 22.1. The lowest BCUT2D eigenvalue weighted by atomic mass is 9.80. The summed E-state index contributed by atoms with van der Waals surface area (Å²) in [5, 5.41) is 1.05. The molecule has 0 radical (unpaired) electrons. The van der Waals surface area contributed by atoms with E-state index in [1.807, 2.05) is 47.4 Å². The van der Waals surface area contributed by atoms with Crippen molar-refractivity contribution in [2.75, 3.05) is 19.7 Å². The molecule has 2 aliphatic rings. The molecule has 5 nitrogen and oxygen atoms in total. The lowest BCUT2D eigenvalue weighted by Crippen LogP contribution is -2.52. The van der Waals surface area contributed by atoms with E-state index < -0.39 is 0 Å². The molecule has 3 aromatic rings. The van der Waals surface area contributed by atoms with Gasteiger partial charge in [0.2, 0.25) is 0 Å². The normalized spacial score (nSPS) is 22.8. The van der Waals surface area contributed by atoms with Gasteiger partial charge in [0.25, 0.3) is 5.91 Å². The smallest absolute Gasteiger partial charge is 0.272 e. The highest BCUT2D eigenvalue weighted by Gasteiger charge is 2.45. The zero-order valence-corrected chi connectivity index (χ0v) is 18.6. The average Bonchev–Trinajstić information content (AvgIpc) is 2.84. The maximum absolute atomic E-state index is 13.2. The molecule has 3 heterocycles. The van der Waals surface area contributed by atoms with Crippen molar-refractivity contribution >= 4 is 16.8 Å². The molecule has 5 rings (SSSR count). The molecule has 1 aromatic heterocycles. The lowest BCUT2D eigenvalue weighted by molar-refractivity contribution is -0.190. The van der Waals surface area contributed by atoms with Gasteiger partial charge in [-0.2, -0.15) is 0 Å². The van der Waals surface area contributed by atoms with Gasteiger partial charge in [-0.15, -0.1) is 0 Å². The molecule has 1 amide bonds. The third-order valence-electron chi connectivity index (χ3n) is 6.82. The number of hydrogen-bond acceptors (Lipinski definition) is 4. The highest BCUT2D eigenvalue weighted by molar-refractivity contribution is 5.95. The number of nitrogens with zero attached hydrogens (tertiary/aromatic N) is 2. The van der Waals surface area contributed by atoms with Gasteiger partial charge in [0, 0.05) is 37.9 Å². The van der Waals surface area contributed by atoms with Crippen LogP contribution >= 0.6 is 0 Å². The Morgan fingerprint density at radius 3 is 2.59 bits per heavy atom. The van der Waals surface area contributed by atoms with Crippen LogP contribution in [0.1, 0.15) is 54.8 Å². The summed E-state index contributed by atoms with van der Waals surface area (Å²) in [5.74, 6) is 0.00220. The van der Waals surface area contributed by atoms with Crippen LogP contribution in [-0.2, 0) is 9.47 Å². The van der Waals surface area contributed by atoms with Crippen LogP contribution in [0, 0.1) is 0 Å². The third-order valence-corrected chi connectivity index (χ3v) is 6.82. The van der Waals surface area contributed by atoms with E-state index in [4.69, 9.17) is 9.47 Å². The lowest BCUT2D eigenvalue weighted by Gasteiger charge is -2.48. The Kier molecular flexibility index (Phi) is 5.94. The number of fused-ring (bicyclic) bond motifs is 1. The predicted molar refractivity (Wildman–Crippen MR) is 125 cm³/mol. The quantitative estimate of drug-likeness (QED) is 0.573. The molecule has 166 valence electrons. The van der Waals surface area contributed by atoms with Gasteiger partial charge in [-0.3, -0.25) is 4.79 Å². The van der Waals surface area contributed by atoms with E-state index in [0.717, 1.165) is 36.6 Å². The van der Waals surface area contributed by atoms with Crippen LogP contribution in [0.25, 0.3) is 10.9 Å². The van der Waals surface area contributed by atoms with Gasteiger partial charge in [0.1, 0.15) is 5.69 Å². The molecule has 2 fully saturated rings. The highest BCUT2D eigenvalue weighted by Crippen LogP contribution is 2.44. The summed E-state index contributed by atoms with van der Waals surface area (Å²) in [4.78, 5) is 19.7. The van der Waals surface area contributed by atoms with E-state index in [-0.39, 0.29) is 23.7 Å². The van der Waals surface area contributed by atoms with Gasteiger partial charge in [-0.1, -0.05) is 54.6 Å². The minimum atomic E-state index is -0.244. The Bertz CT molecular complexity index is 1080. The molecule has 32 heavy (non-hydrogen) atoms. The van der Waals surface area contributed by atoms with Gasteiger partial charge in [0.05, 0.1) is 23.3 Å². The molecule has 2 unspecified atom stereocenters. The second-order valence-electron chi connectivity index (χ2n) is 8.90. The Balaban J connectivity index is 1.30. The first-order chi connectivity index (χ1) is 15.7. The van der Waals surface area contributed by atoms with Crippen LogP contribution in [0.2, 0.25) is 0 Å². The van der Waals surface area contributed by atoms with Crippen molar-refractivity contribution in [2.24, 2.45) is 0 Å². The summed E-state index contributed by atoms with van der Waals surface area (Å²) >= 11 is 0. The fraction of sp³-hybridized carbons (Fsp3) is 0.407. The number of benzene rings is 2. The van der Waals surface area contributed by atoms with E-state index in [0.29, 0.717) is 25.4 Å². The number of amides is 1. The molecule has 0 aliphatic carbocycles. The van der Waals surface area contributed by atoms with Crippen molar-refractivity contribution in [2.45, 2.75) is 50.4 Å². The molecule has 2 saturated heterocycles. The standard InChI is InChI=1S/C27H30N2O3/c1-2-31-22-18-25(21-9-4-3-5-10-21)32-27(19-22)14-16-29(17-15-27)26(30)24-13-12-20-8-6-7-11-23(20)28-24/h3-13,22,25H,2,14-19H2,1H3. The Labute approximate surface area is 189 Å². The van der Waals surface area contributed by atoms with Crippen LogP contribution in [-0.4, -0.2) is 47.2 Å². The number of para-hydroxylation sites is 1. The number of carbonyl (C=O) groups excluding carboxylic acids is 1. The van der Waals surface area contributed by atoms with Gasteiger partial charge < -0.3 is 14.4 Å². The summed E-state index contributed by atoms with van der Waals surface area (Å²) in [6.45, 7) is 4.11. The predicted octanol–water partition coefficient (Wildman–Crippen LogP) is 5.17. The van der Waals surface area contributed by atoms with E-state index in [1.54, 1.807) is 0 Å². The summed E-state index contributed by atoms with van der Waals surface area (Å²) in [7, 11) is 0. The van der Waals surface area contributed by atoms with Crippen molar-refractivity contribution in [3.63, 3.8) is 0 Å². The molecule has 0 bridgehead atoms. The topological polar surface area (TPSA) is 51.7 Å². The second-order valence-corrected chi connectivity index (χ2v) is 8.90. The molecule has 5 heteroatoms. The number of piperidine rings is 1. The maximum Gasteiger partial charge on any atom is 0.272 e. The zero-order chi connectivity index (χ0) is 22.0. The van der Waals surface area contributed by atoms with E-state index in [1.165, 1.54) is 5.56 Å². The number of pyridine rings is 1. The Morgan fingerprint density at radius 1 is 1.06 bits per heavy atom. The van der Waals surface area contributed by atoms with Gasteiger partial charge in [-0.05, 0) is 37.5 Å². The molecule has 0 saturated carbocycles. The molecular formula is C27H30N2O3. The van der Waals surface area contributed by atoms with Crippen LogP contribution in [0.4, 0.5) is 0 Å². The van der Waals surface area contributed by atoms with E-state index in [9.17, 15) is 4.79 Å². The van der Waals surface area contributed by atoms with Crippen LogP contribution in [0.5, 0.6) is 0 Å². The monoisotopic (exact) mass is 430 g/mol. The highest BCUT2D eigenvalue weighted by atomic mass is 16.5. The minimum Gasteiger partial charge on any atom is -0.378 e. The summed E-state index contributed by atoms with van der Waals surface area (Å²) in [6.07, 6.45) is 3.62. The second kappa shape index (κ2) is 9.00. The summed E-state index contributed by atoms with van der Waals surface area (Å²) in [5.41, 5.74) is 2.33. The molecule has 1 spiro atoms. The number of aromatic nitrogens is 1.